The SMILES string of the molecule is COCCn1c(-c2ccc(NC(=O)OC(C)C)cc2OC(F)F)cnc1[C@H]1CC[C@H](NC(=O)OC(C)C)CC1. The van der Waals surface area contributed by atoms with Crippen LogP contribution in [0.3, 0.4) is 0 Å². The molecular weight excluding hydrogens is 514 g/mol. The maximum absolute atomic E-state index is 13.4. The van der Waals surface area contributed by atoms with E-state index in [9.17, 15) is 18.4 Å². The molecule has 1 aliphatic carbocycles. The Labute approximate surface area is 227 Å². The van der Waals surface area contributed by atoms with E-state index in [1.54, 1.807) is 53.1 Å². The number of amides is 2. The molecule has 1 heterocycles. The van der Waals surface area contributed by atoms with Gasteiger partial charge in [0.1, 0.15) is 11.6 Å². The first-order valence-electron chi connectivity index (χ1n) is 13.2. The lowest BCUT2D eigenvalue weighted by atomic mass is 9.85. The van der Waals surface area contributed by atoms with Gasteiger partial charge in [-0.05, 0) is 65.5 Å². The average molecular weight is 553 g/mol. The first-order chi connectivity index (χ1) is 18.6. The number of carbonyl (C=O) groups excluding carboxylic acids is 2. The third-order valence-electron chi connectivity index (χ3n) is 6.23. The highest BCUT2D eigenvalue weighted by Crippen LogP contribution is 2.38. The van der Waals surface area contributed by atoms with Crippen molar-refractivity contribution in [1.82, 2.24) is 14.9 Å². The normalized spacial score (nSPS) is 17.4. The van der Waals surface area contributed by atoms with Gasteiger partial charge >= 0.3 is 18.8 Å². The molecule has 1 aromatic carbocycles. The molecule has 0 radical (unpaired) electrons. The quantitative estimate of drug-likeness (QED) is 0.356. The van der Waals surface area contributed by atoms with Crippen LogP contribution >= 0.6 is 0 Å². The minimum absolute atomic E-state index is 0.0165. The second-order valence-electron chi connectivity index (χ2n) is 9.96. The van der Waals surface area contributed by atoms with Crippen molar-refractivity contribution in [3.63, 3.8) is 0 Å². The number of ether oxygens (including phenoxy) is 4. The van der Waals surface area contributed by atoms with E-state index in [-0.39, 0.29) is 35.6 Å². The molecule has 0 atom stereocenters. The van der Waals surface area contributed by atoms with Gasteiger partial charge in [0.05, 0.1) is 30.7 Å². The number of nitrogens with one attached hydrogen (secondary N) is 2. The highest BCUT2D eigenvalue weighted by Gasteiger charge is 2.29. The second kappa shape index (κ2) is 14.1. The van der Waals surface area contributed by atoms with E-state index in [4.69, 9.17) is 18.9 Å². The summed E-state index contributed by atoms with van der Waals surface area (Å²) in [6.45, 7) is 4.79. The third-order valence-corrected chi connectivity index (χ3v) is 6.23. The number of anilines is 1. The van der Waals surface area contributed by atoms with Gasteiger partial charge in [-0.15, -0.1) is 0 Å². The van der Waals surface area contributed by atoms with Gasteiger partial charge in [0.25, 0.3) is 0 Å². The van der Waals surface area contributed by atoms with Gasteiger partial charge in [-0.2, -0.15) is 8.78 Å². The summed E-state index contributed by atoms with van der Waals surface area (Å²) in [6, 6.07) is 4.55. The van der Waals surface area contributed by atoms with E-state index in [0.29, 0.717) is 24.4 Å². The van der Waals surface area contributed by atoms with E-state index in [2.05, 4.69) is 15.6 Å². The van der Waals surface area contributed by atoms with Crippen LogP contribution in [0.4, 0.5) is 24.1 Å². The van der Waals surface area contributed by atoms with Crippen molar-refractivity contribution in [1.29, 1.82) is 0 Å². The summed E-state index contributed by atoms with van der Waals surface area (Å²) in [5, 5.41) is 5.45. The molecule has 3 rings (SSSR count). The van der Waals surface area contributed by atoms with Crippen molar-refractivity contribution in [2.75, 3.05) is 19.0 Å². The number of alkyl halides is 2. The van der Waals surface area contributed by atoms with Crippen LogP contribution in [0.5, 0.6) is 5.75 Å². The Bertz CT molecular complexity index is 1100. The lowest BCUT2D eigenvalue weighted by molar-refractivity contribution is -0.0494. The highest BCUT2D eigenvalue weighted by molar-refractivity contribution is 5.86. The number of benzene rings is 1. The Hall–Kier alpha value is -3.41. The summed E-state index contributed by atoms with van der Waals surface area (Å²) in [5.74, 6) is 0.825. The standard InChI is InChI=1S/C27H38F2N4O6/c1-16(2)37-26(34)31-19-8-6-18(7-9-19)24-30-15-22(33(24)12-13-36-5)21-11-10-20(14-23(21)39-25(28)29)32-27(35)38-17(3)4/h10-11,14-19,25H,6-9,12-13H2,1-5H3,(H,31,34)(H,32,35)/t18-,19-. The number of halogens is 2. The molecule has 1 fully saturated rings. The zero-order chi connectivity index (χ0) is 28.5. The molecule has 1 aromatic heterocycles. The molecule has 1 saturated carbocycles. The smallest absolute Gasteiger partial charge is 0.411 e. The van der Waals surface area contributed by atoms with Crippen LogP contribution in [-0.4, -0.2) is 60.3 Å². The molecule has 10 nitrogen and oxygen atoms in total. The third kappa shape index (κ3) is 8.81. The first-order valence-corrected chi connectivity index (χ1v) is 13.2. The minimum atomic E-state index is -3.07. The Morgan fingerprint density at radius 1 is 1.05 bits per heavy atom. The maximum Gasteiger partial charge on any atom is 0.411 e. The van der Waals surface area contributed by atoms with Gasteiger partial charge < -0.3 is 28.8 Å². The van der Waals surface area contributed by atoms with Crippen molar-refractivity contribution in [3.05, 3.63) is 30.2 Å². The summed E-state index contributed by atoms with van der Waals surface area (Å²) in [6.07, 6.45) is 3.10. The Balaban J connectivity index is 1.84. The summed E-state index contributed by atoms with van der Waals surface area (Å²) in [5.41, 5.74) is 1.25. The summed E-state index contributed by atoms with van der Waals surface area (Å²) in [4.78, 5) is 28.7. The predicted octanol–water partition coefficient (Wildman–Crippen LogP) is 5.92. The molecule has 2 N–H and O–H groups in total. The van der Waals surface area contributed by atoms with Crippen LogP contribution in [0.25, 0.3) is 11.3 Å². The van der Waals surface area contributed by atoms with Crippen molar-refractivity contribution >= 4 is 17.9 Å². The lowest BCUT2D eigenvalue weighted by Gasteiger charge is -2.29. The van der Waals surface area contributed by atoms with Gasteiger partial charge in [-0.1, -0.05) is 0 Å². The van der Waals surface area contributed by atoms with Gasteiger partial charge in [0.2, 0.25) is 0 Å². The van der Waals surface area contributed by atoms with Crippen LogP contribution in [0, 0.1) is 0 Å². The van der Waals surface area contributed by atoms with E-state index >= 15 is 0 Å². The number of hydrogen-bond donors (Lipinski definition) is 2. The van der Waals surface area contributed by atoms with Crippen molar-refractivity contribution in [3.8, 4) is 17.0 Å². The summed E-state index contributed by atoms with van der Waals surface area (Å²) in [7, 11) is 1.59. The van der Waals surface area contributed by atoms with Crippen molar-refractivity contribution in [2.24, 2.45) is 0 Å². The van der Waals surface area contributed by atoms with Crippen LogP contribution in [-0.2, 0) is 20.8 Å². The molecule has 2 amide bonds. The zero-order valence-corrected chi connectivity index (χ0v) is 23.0. The second-order valence-corrected chi connectivity index (χ2v) is 9.96. The van der Waals surface area contributed by atoms with E-state index in [1.807, 2.05) is 4.57 Å². The number of nitrogens with zero attached hydrogens (tertiary/aromatic N) is 2. The molecule has 2 aromatic rings. The van der Waals surface area contributed by atoms with E-state index in [0.717, 1.165) is 31.5 Å². The van der Waals surface area contributed by atoms with Crippen LogP contribution in [0.15, 0.2) is 24.4 Å². The monoisotopic (exact) mass is 552 g/mol. The fourth-order valence-electron chi connectivity index (χ4n) is 4.63. The fourth-order valence-corrected chi connectivity index (χ4v) is 4.63. The predicted molar refractivity (Wildman–Crippen MR) is 141 cm³/mol. The average Bonchev–Trinajstić information content (AvgIpc) is 3.25. The van der Waals surface area contributed by atoms with Crippen LogP contribution in [0.2, 0.25) is 0 Å². The van der Waals surface area contributed by atoms with Crippen molar-refractivity contribution in [2.45, 2.75) is 90.7 Å². The van der Waals surface area contributed by atoms with E-state index < -0.39 is 18.8 Å². The zero-order valence-electron chi connectivity index (χ0n) is 23.0. The molecule has 39 heavy (non-hydrogen) atoms. The minimum Gasteiger partial charge on any atom is -0.447 e. The molecule has 0 aliphatic heterocycles. The number of alkyl carbamates (subject to hydrolysis) is 1. The maximum atomic E-state index is 13.4. The molecule has 0 bridgehead atoms. The van der Waals surface area contributed by atoms with Gasteiger partial charge in [-0.3, -0.25) is 5.32 Å². The fraction of sp³-hybridized carbons (Fsp3) is 0.593. The molecular formula is C27H38F2N4O6. The molecule has 216 valence electrons. The number of methoxy groups -OCH3 is 1. The Morgan fingerprint density at radius 3 is 2.33 bits per heavy atom. The Kier molecular flexibility index (Phi) is 10.9. The number of carbonyl (C=O) groups is 2. The first kappa shape index (κ1) is 30.1. The molecule has 0 spiro atoms. The number of imidazole rings is 1. The molecule has 1 aliphatic rings. The summed E-state index contributed by atoms with van der Waals surface area (Å²) >= 11 is 0. The van der Waals surface area contributed by atoms with Gasteiger partial charge in [0.15, 0.2) is 0 Å². The number of aromatic nitrogens is 2. The topological polar surface area (TPSA) is 113 Å². The van der Waals surface area contributed by atoms with Crippen LogP contribution in [0.1, 0.15) is 65.1 Å². The molecule has 0 unspecified atom stereocenters. The summed E-state index contributed by atoms with van der Waals surface area (Å²) < 4.78 is 49.1. The lowest BCUT2D eigenvalue weighted by Crippen LogP contribution is -2.38. The molecule has 0 saturated heterocycles. The van der Waals surface area contributed by atoms with E-state index in [1.165, 1.54) is 6.07 Å². The van der Waals surface area contributed by atoms with Gasteiger partial charge in [-0.25, -0.2) is 14.6 Å². The number of hydrogen-bond acceptors (Lipinski definition) is 7. The molecule has 12 heteroatoms. The highest BCUT2D eigenvalue weighted by atomic mass is 19.3. The van der Waals surface area contributed by atoms with Crippen LogP contribution < -0.4 is 15.4 Å². The van der Waals surface area contributed by atoms with Crippen molar-refractivity contribution < 1.29 is 37.3 Å². The van der Waals surface area contributed by atoms with Gasteiger partial charge in [0, 0.05) is 42.9 Å². The number of rotatable bonds is 11. The largest absolute Gasteiger partial charge is 0.447 e. The Morgan fingerprint density at radius 2 is 1.72 bits per heavy atom.